The number of benzene rings is 1. The van der Waals surface area contributed by atoms with Crippen molar-refractivity contribution in [3.63, 3.8) is 0 Å². The van der Waals surface area contributed by atoms with Crippen LogP contribution in [-0.4, -0.2) is 30.6 Å². The van der Waals surface area contributed by atoms with Crippen LogP contribution in [0.2, 0.25) is 0 Å². The van der Waals surface area contributed by atoms with Crippen LogP contribution in [-0.2, 0) is 16.1 Å². The van der Waals surface area contributed by atoms with Crippen LogP contribution in [0.25, 0.3) is 10.9 Å². The number of nitrogens with one attached hydrogen (secondary N) is 1. The molecule has 2 rings (SSSR count). The predicted octanol–water partition coefficient (Wildman–Crippen LogP) is 0.826. The molecule has 0 aliphatic rings. The molecule has 0 spiro atoms. The Morgan fingerprint density at radius 3 is 2.95 bits per heavy atom. The van der Waals surface area contributed by atoms with Crippen molar-refractivity contribution in [2.45, 2.75) is 6.54 Å². The highest BCUT2D eigenvalue weighted by molar-refractivity contribution is 5.78. The van der Waals surface area contributed by atoms with E-state index >= 15 is 0 Å². The molecular weight excluding hydrogens is 242 g/mol. The Morgan fingerprint density at radius 2 is 2.11 bits per heavy atom. The van der Waals surface area contributed by atoms with E-state index in [-0.39, 0.29) is 6.61 Å². The molecular formula is C14H17N3O2. The minimum absolute atomic E-state index is 0.0318. The Balaban J connectivity index is 1.77. The van der Waals surface area contributed by atoms with Crippen molar-refractivity contribution >= 4 is 16.8 Å². The smallest absolute Gasteiger partial charge is 0.243 e. The summed E-state index contributed by atoms with van der Waals surface area (Å²) in [7, 11) is 0. The minimum Gasteiger partial charge on any atom is -0.370 e. The number of amides is 1. The first-order chi connectivity index (χ1) is 9.25. The molecule has 0 saturated carbocycles. The summed E-state index contributed by atoms with van der Waals surface area (Å²) >= 11 is 0. The number of fused-ring (bicyclic) bond motifs is 1. The van der Waals surface area contributed by atoms with Crippen molar-refractivity contribution in [2.75, 3.05) is 19.8 Å². The van der Waals surface area contributed by atoms with Gasteiger partial charge in [0.15, 0.2) is 0 Å². The third kappa shape index (κ3) is 4.31. The number of carbonyl (C=O) groups is 1. The second-order valence-corrected chi connectivity index (χ2v) is 4.19. The lowest BCUT2D eigenvalue weighted by Gasteiger charge is -2.05. The first kappa shape index (κ1) is 13.5. The standard InChI is InChI=1S/C14H17N3O2/c15-14(18)10-19-8-7-16-9-12-6-5-11-3-1-2-4-13(11)17-12/h1-6,16H,7-10H2,(H2,15,18). The van der Waals surface area contributed by atoms with Crippen LogP contribution < -0.4 is 11.1 Å². The van der Waals surface area contributed by atoms with Crippen LogP contribution in [0.15, 0.2) is 36.4 Å². The number of para-hydroxylation sites is 1. The third-order valence-electron chi connectivity index (χ3n) is 2.63. The minimum atomic E-state index is -0.448. The molecule has 2 aromatic rings. The van der Waals surface area contributed by atoms with Crippen LogP contribution in [0.1, 0.15) is 5.69 Å². The maximum absolute atomic E-state index is 10.4. The van der Waals surface area contributed by atoms with Crippen molar-refractivity contribution in [1.82, 2.24) is 10.3 Å². The molecule has 0 saturated heterocycles. The van der Waals surface area contributed by atoms with Crippen molar-refractivity contribution in [1.29, 1.82) is 0 Å². The molecule has 1 aromatic heterocycles. The molecule has 0 bridgehead atoms. The first-order valence-corrected chi connectivity index (χ1v) is 6.17. The van der Waals surface area contributed by atoms with Crippen LogP contribution >= 0.6 is 0 Å². The number of ether oxygens (including phenoxy) is 1. The van der Waals surface area contributed by atoms with Gasteiger partial charge in [-0.15, -0.1) is 0 Å². The Hall–Kier alpha value is -1.98. The molecule has 0 radical (unpaired) electrons. The van der Waals surface area contributed by atoms with Gasteiger partial charge in [0, 0.05) is 18.5 Å². The van der Waals surface area contributed by atoms with Crippen LogP contribution in [0, 0.1) is 0 Å². The molecule has 1 amide bonds. The Kier molecular flexibility index (Phi) is 4.83. The summed E-state index contributed by atoms with van der Waals surface area (Å²) in [6, 6.07) is 12.1. The van der Waals surface area contributed by atoms with Gasteiger partial charge in [-0.25, -0.2) is 0 Å². The van der Waals surface area contributed by atoms with Crippen molar-refractivity contribution < 1.29 is 9.53 Å². The lowest BCUT2D eigenvalue weighted by Crippen LogP contribution is -2.24. The van der Waals surface area contributed by atoms with Gasteiger partial charge in [-0.05, 0) is 12.1 Å². The number of pyridine rings is 1. The summed E-state index contributed by atoms with van der Waals surface area (Å²) in [6.07, 6.45) is 0. The monoisotopic (exact) mass is 259 g/mol. The van der Waals surface area contributed by atoms with Crippen molar-refractivity contribution in [3.05, 3.63) is 42.1 Å². The van der Waals surface area contributed by atoms with Crippen molar-refractivity contribution in [2.24, 2.45) is 5.73 Å². The van der Waals surface area contributed by atoms with Gasteiger partial charge in [-0.2, -0.15) is 0 Å². The Bertz CT molecular complexity index is 557. The van der Waals surface area contributed by atoms with Gasteiger partial charge in [-0.1, -0.05) is 24.3 Å². The summed E-state index contributed by atoms with van der Waals surface area (Å²) in [6.45, 7) is 1.75. The SMILES string of the molecule is NC(=O)COCCNCc1ccc2ccccc2n1. The lowest BCUT2D eigenvalue weighted by atomic mass is 10.2. The normalized spacial score (nSPS) is 10.7. The molecule has 0 unspecified atom stereocenters. The molecule has 19 heavy (non-hydrogen) atoms. The Labute approximate surface area is 111 Å². The van der Waals surface area contributed by atoms with Gasteiger partial charge in [0.05, 0.1) is 17.8 Å². The van der Waals surface area contributed by atoms with E-state index in [1.165, 1.54) is 0 Å². The molecule has 1 heterocycles. The second-order valence-electron chi connectivity index (χ2n) is 4.19. The number of aromatic nitrogens is 1. The number of carbonyl (C=O) groups excluding carboxylic acids is 1. The average Bonchev–Trinajstić information content (AvgIpc) is 2.42. The number of rotatable bonds is 7. The largest absolute Gasteiger partial charge is 0.370 e. The highest BCUT2D eigenvalue weighted by Crippen LogP contribution is 2.11. The molecule has 0 aliphatic heterocycles. The van der Waals surface area contributed by atoms with Gasteiger partial charge in [0.25, 0.3) is 0 Å². The quantitative estimate of drug-likeness (QED) is 0.722. The molecule has 5 heteroatoms. The van der Waals surface area contributed by atoms with E-state index in [4.69, 9.17) is 10.5 Å². The zero-order chi connectivity index (χ0) is 13.5. The van der Waals surface area contributed by atoms with Gasteiger partial charge < -0.3 is 15.8 Å². The zero-order valence-corrected chi connectivity index (χ0v) is 10.6. The van der Waals surface area contributed by atoms with Crippen LogP contribution in [0.3, 0.4) is 0 Å². The second kappa shape index (κ2) is 6.82. The number of nitrogens with zero attached hydrogens (tertiary/aromatic N) is 1. The molecule has 100 valence electrons. The maximum Gasteiger partial charge on any atom is 0.243 e. The van der Waals surface area contributed by atoms with E-state index < -0.39 is 5.91 Å². The fourth-order valence-corrected chi connectivity index (χ4v) is 1.74. The number of primary amides is 1. The summed E-state index contributed by atoms with van der Waals surface area (Å²) in [5.41, 5.74) is 6.93. The number of hydrogen-bond donors (Lipinski definition) is 2. The first-order valence-electron chi connectivity index (χ1n) is 6.17. The van der Waals surface area contributed by atoms with E-state index in [1.54, 1.807) is 0 Å². The molecule has 5 nitrogen and oxygen atoms in total. The van der Waals surface area contributed by atoms with E-state index in [0.717, 1.165) is 16.6 Å². The molecule has 0 atom stereocenters. The van der Waals surface area contributed by atoms with E-state index in [0.29, 0.717) is 19.7 Å². The number of hydrogen-bond acceptors (Lipinski definition) is 4. The topological polar surface area (TPSA) is 77.2 Å². The van der Waals surface area contributed by atoms with Gasteiger partial charge in [-0.3, -0.25) is 9.78 Å². The predicted molar refractivity (Wildman–Crippen MR) is 73.5 cm³/mol. The Morgan fingerprint density at radius 1 is 1.26 bits per heavy atom. The van der Waals surface area contributed by atoms with Gasteiger partial charge in [0.2, 0.25) is 5.91 Å². The van der Waals surface area contributed by atoms with Crippen LogP contribution in [0.4, 0.5) is 0 Å². The van der Waals surface area contributed by atoms with E-state index in [9.17, 15) is 4.79 Å². The summed E-state index contributed by atoms with van der Waals surface area (Å²) in [5, 5.41) is 4.34. The fraction of sp³-hybridized carbons (Fsp3) is 0.286. The highest BCUT2D eigenvalue weighted by Gasteiger charge is 1.98. The maximum atomic E-state index is 10.4. The number of nitrogens with two attached hydrogens (primary N) is 1. The summed E-state index contributed by atoms with van der Waals surface area (Å²) < 4.78 is 5.05. The molecule has 1 aromatic carbocycles. The summed E-state index contributed by atoms with van der Waals surface area (Å²) in [4.78, 5) is 15.0. The zero-order valence-electron chi connectivity index (χ0n) is 10.6. The molecule has 3 N–H and O–H groups in total. The van der Waals surface area contributed by atoms with Crippen molar-refractivity contribution in [3.8, 4) is 0 Å². The van der Waals surface area contributed by atoms with E-state index in [1.807, 2.05) is 30.3 Å². The fourth-order valence-electron chi connectivity index (χ4n) is 1.74. The molecule has 0 aliphatic carbocycles. The average molecular weight is 259 g/mol. The third-order valence-corrected chi connectivity index (χ3v) is 2.63. The van der Waals surface area contributed by atoms with Gasteiger partial charge in [0.1, 0.15) is 6.61 Å². The van der Waals surface area contributed by atoms with Gasteiger partial charge >= 0.3 is 0 Å². The lowest BCUT2D eigenvalue weighted by molar-refractivity contribution is -0.122. The van der Waals surface area contributed by atoms with Crippen LogP contribution in [0.5, 0.6) is 0 Å². The highest BCUT2D eigenvalue weighted by atomic mass is 16.5. The summed E-state index contributed by atoms with van der Waals surface area (Å²) in [5.74, 6) is -0.448. The van der Waals surface area contributed by atoms with E-state index in [2.05, 4.69) is 16.4 Å². The molecule has 0 fully saturated rings.